The van der Waals surface area contributed by atoms with E-state index in [4.69, 9.17) is 10.1 Å². The standard InChI is InChI=1S/C16H21N5O4S/c1-10(2)16-18-14-9-20(5-4-15(14)19(16)3)11-6-12(21(22)23)8-13(7-11)26(17,24)25/h6-8,10H,4-5,9H2,1-3H3,(H2,17,24,25). The van der Waals surface area contributed by atoms with E-state index in [0.717, 1.165) is 29.7 Å². The number of fused-ring (bicyclic) bond motifs is 1. The Kier molecular flexibility index (Phi) is 4.49. The molecule has 0 aliphatic carbocycles. The molecule has 140 valence electrons. The summed E-state index contributed by atoms with van der Waals surface area (Å²) in [6, 6.07) is 3.72. The topological polar surface area (TPSA) is 124 Å². The number of hydrogen-bond acceptors (Lipinski definition) is 6. The van der Waals surface area contributed by atoms with Crippen molar-refractivity contribution in [2.75, 3.05) is 11.4 Å². The summed E-state index contributed by atoms with van der Waals surface area (Å²) in [7, 11) is -2.06. The van der Waals surface area contributed by atoms with Crippen molar-refractivity contribution in [2.45, 2.75) is 37.6 Å². The number of anilines is 1. The van der Waals surface area contributed by atoms with Gasteiger partial charge in [0.25, 0.3) is 5.69 Å². The van der Waals surface area contributed by atoms with Crippen LogP contribution in [0.5, 0.6) is 0 Å². The maximum atomic E-state index is 11.7. The van der Waals surface area contributed by atoms with Gasteiger partial charge < -0.3 is 9.47 Å². The van der Waals surface area contributed by atoms with Gasteiger partial charge in [-0.1, -0.05) is 13.8 Å². The number of sulfonamides is 1. The molecule has 0 fully saturated rings. The maximum absolute atomic E-state index is 11.7. The monoisotopic (exact) mass is 379 g/mol. The Hall–Kier alpha value is -2.46. The number of non-ortho nitro benzene ring substituents is 1. The van der Waals surface area contributed by atoms with Gasteiger partial charge in [0.2, 0.25) is 10.0 Å². The van der Waals surface area contributed by atoms with Gasteiger partial charge in [0.15, 0.2) is 0 Å². The summed E-state index contributed by atoms with van der Waals surface area (Å²) in [5.41, 5.74) is 2.19. The van der Waals surface area contributed by atoms with Crippen LogP contribution in [0.15, 0.2) is 23.1 Å². The van der Waals surface area contributed by atoms with E-state index in [1.807, 2.05) is 11.9 Å². The predicted molar refractivity (Wildman–Crippen MR) is 96.5 cm³/mol. The van der Waals surface area contributed by atoms with Crippen molar-refractivity contribution in [3.63, 3.8) is 0 Å². The summed E-state index contributed by atoms with van der Waals surface area (Å²) in [5.74, 6) is 1.27. The fourth-order valence-corrected chi connectivity index (χ4v) is 3.88. The average Bonchev–Trinajstić information content (AvgIpc) is 2.90. The second kappa shape index (κ2) is 6.36. The highest BCUT2D eigenvalue weighted by molar-refractivity contribution is 7.89. The summed E-state index contributed by atoms with van der Waals surface area (Å²) < 4.78 is 25.5. The summed E-state index contributed by atoms with van der Waals surface area (Å²) >= 11 is 0. The number of hydrogen-bond donors (Lipinski definition) is 1. The van der Waals surface area contributed by atoms with Crippen LogP contribution in [0.1, 0.15) is 37.0 Å². The Bertz CT molecular complexity index is 981. The van der Waals surface area contributed by atoms with Crippen molar-refractivity contribution in [2.24, 2.45) is 12.2 Å². The SMILES string of the molecule is CC(C)c1nc2c(n1C)CCN(c1cc([N+](=O)[O-])cc(S(N)(=O)=O)c1)C2. The van der Waals surface area contributed by atoms with Crippen LogP contribution < -0.4 is 10.0 Å². The molecule has 26 heavy (non-hydrogen) atoms. The molecule has 2 heterocycles. The Morgan fingerprint density at radius 2 is 2.00 bits per heavy atom. The van der Waals surface area contributed by atoms with E-state index in [-0.39, 0.29) is 16.5 Å². The van der Waals surface area contributed by atoms with Crippen LogP contribution in [0.25, 0.3) is 0 Å². The first kappa shape index (κ1) is 18.3. The van der Waals surface area contributed by atoms with Crippen LogP contribution in [-0.2, 0) is 30.0 Å². The summed E-state index contributed by atoms with van der Waals surface area (Å²) in [5, 5.41) is 16.3. The molecule has 0 unspecified atom stereocenters. The molecule has 0 saturated heterocycles. The highest BCUT2D eigenvalue weighted by Gasteiger charge is 2.26. The van der Waals surface area contributed by atoms with Gasteiger partial charge in [-0.2, -0.15) is 0 Å². The predicted octanol–water partition coefficient (Wildman–Crippen LogP) is 1.66. The van der Waals surface area contributed by atoms with E-state index in [9.17, 15) is 18.5 Å². The van der Waals surface area contributed by atoms with Crippen LogP contribution in [0.4, 0.5) is 11.4 Å². The highest BCUT2D eigenvalue weighted by atomic mass is 32.2. The van der Waals surface area contributed by atoms with Gasteiger partial charge in [-0.15, -0.1) is 0 Å². The van der Waals surface area contributed by atoms with E-state index in [2.05, 4.69) is 18.4 Å². The number of nitro benzene ring substituents is 1. The molecule has 1 aromatic carbocycles. The minimum atomic E-state index is -4.05. The quantitative estimate of drug-likeness (QED) is 0.636. The van der Waals surface area contributed by atoms with Crippen LogP contribution in [0.2, 0.25) is 0 Å². The van der Waals surface area contributed by atoms with Gasteiger partial charge in [-0.05, 0) is 6.07 Å². The maximum Gasteiger partial charge on any atom is 0.272 e. The van der Waals surface area contributed by atoms with Crippen molar-refractivity contribution in [3.05, 3.63) is 45.5 Å². The van der Waals surface area contributed by atoms with Crippen molar-refractivity contribution >= 4 is 21.4 Å². The van der Waals surface area contributed by atoms with E-state index in [1.165, 1.54) is 12.1 Å². The molecule has 0 radical (unpaired) electrons. The third kappa shape index (κ3) is 3.29. The first-order valence-corrected chi connectivity index (χ1v) is 9.74. The summed E-state index contributed by atoms with van der Waals surface area (Å²) in [4.78, 5) is 16.9. The third-order valence-electron chi connectivity index (χ3n) is 4.59. The van der Waals surface area contributed by atoms with Crippen molar-refractivity contribution in [1.82, 2.24) is 9.55 Å². The largest absolute Gasteiger partial charge is 0.365 e. The van der Waals surface area contributed by atoms with Gasteiger partial charge in [0.05, 0.1) is 22.1 Å². The molecule has 1 aliphatic heterocycles. The first-order valence-electron chi connectivity index (χ1n) is 8.19. The molecular weight excluding hydrogens is 358 g/mol. The number of nitrogens with zero attached hydrogens (tertiary/aromatic N) is 4. The number of aromatic nitrogens is 2. The number of primary sulfonamides is 1. The van der Waals surface area contributed by atoms with Crippen molar-refractivity contribution in [3.8, 4) is 0 Å². The van der Waals surface area contributed by atoms with Gasteiger partial charge in [-0.25, -0.2) is 18.5 Å². The molecule has 0 spiro atoms. The van der Waals surface area contributed by atoms with Gasteiger partial charge in [0.1, 0.15) is 5.82 Å². The van der Waals surface area contributed by atoms with Crippen molar-refractivity contribution < 1.29 is 13.3 Å². The summed E-state index contributed by atoms with van der Waals surface area (Å²) in [6.45, 7) is 5.21. The molecule has 0 amide bonds. The lowest BCUT2D eigenvalue weighted by Crippen LogP contribution is -2.31. The lowest BCUT2D eigenvalue weighted by Gasteiger charge is -2.29. The van der Waals surface area contributed by atoms with Crippen LogP contribution in [-0.4, -0.2) is 29.4 Å². The lowest BCUT2D eigenvalue weighted by molar-refractivity contribution is -0.385. The van der Waals surface area contributed by atoms with Crippen LogP contribution in [0, 0.1) is 10.1 Å². The zero-order valence-corrected chi connectivity index (χ0v) is 15.7. The molecule has 1 aromatic heterocycles. The van der Waals surface area contributed by atoms with E-state index < -0.39 is 14.9 Å². The highest BCUT2D eigenvalue weighted by Crippen LogP contribution is 2.31. The Balaban J connectivity index is 2.02. The molecule has 0 bridgehead atoms. The molecular formula is C16H21N5O4S. The number of nitro groups is 1. The Morgan fingerprint density at radius 1 is 1.31 bits per heavy atom. The Morgan fingerprint density at radius 3 is 2.58 bits per heavy atom. The fraction of sp³-hybridized carbons (Fsp3) is 0.438. The fourth-order valence-electron chi connectivity index (χ4n) is 3.31. The zero-order chi connectivity index (χ0) is 19.2. The second-order valence-corrected chi connectivity index (χ2v) is 8.30. The smallest absolute Gasteiger partial charge is 0.272 e. The van der Waals surface area contributed by atoms with Gasteiger partial charge in [-0.3, -0.25) is 10.1 Å². The van der Waals surface area contributed by atoms with E-state index in [1.54, 1.807) is 0 Å². The molecule has 1 aliphatic rings. The molecule has 2 N–H and O–H groups in total. The molecule has 0 saturated carbocycles. The van der Waals surface area contributed by atoms with Gasteiger partial charge >= 0.3 is 0 Å². The Labute approximate surface area is 151 Å². The molecule has 9 nitrogen and oxygen atoms in total. The number of rotatable bonds is 4. The van der Waals surface area contributed by atoms with Gasteiger partial charge in [0, 0.05) is 49.4 Å². The molecule has 0 atom stereocenters. The first-order chi connectivity index (χ1) is 12.1. The van der Waals surface area contributed by atoms with Crippen LogP contribution in [0.3, 0.4) is 0 Å². The summed E-state index contributed by atoms with van der Waals surface area (Å²) in [6.07, 6.45) is 0.721. The van der Waals surface area contributed by atoms with Crippen LogP contribution >= 0.6 is 0 Å². The van der Waals surface area contributed by atoms with Crippen molar-refractivity contribution in [1.29, 1.82) is 0 Å². The second-order valence-electron chi connectivity index (χ2n) is 6.74. The molecule has 3 rings (SSSR count). The average molecular weight is 379 g/mol. The number of imidazole rings is 1. The van der Waals surface area contributed by atoms with E-state index in [0.29, 0.717) is 18.8 Å². The minimum Gasteiger partial charge on any atom is -0.365 e. The zero-order valence-electron chi connectivity index (χ0n) is 14.8. The molecule has 10 heteroatoms. The molecule has 2 aromatic rings. The lowest BCUT2D eigenvalue weighted by atomic mass is 10.1. The normalized spacial score (nSPS) is 14.6. The number of nitrogens with two attached hydrogens (primary N) is 1. The van der Waals surface area contributed by atoms with E-state index >= 15 is 0 Å². The minimum absolute atomic E-state index is 0.267. The third-order valence-corrected chi connectivity index (χ3v) is 5.48. The number of benzene rings is 1.